The van der Waals surface area contributed by atoms with E-state index in [1.807, 2.05) is 50.2 Å². The van der Waals surface area contributed by atoms with E-state index in [0.717, 1.165) is 21.8 Å². The first kappa shape index (κ1) is 15.4. The summed E-state index contributed by atoms with van der Waals surface area (Å²) in [5.74, 6) is -0.0560. The second kappa shape index (κ2) is 7.14. The van der Waals surface area contributed by atoms with Crippen molar-refractivity contribution in [1.82, 2.24) is 5.32 Å². The Hall–Kier alpha value is -2.00. The molecule has 0 atom stereocenters. The zero-order chi connectivity index (χ0) is 15.2. The molecule has 2 rings (SSSR count). The summed E-state index contributed by atoms with van der Waals surface area (Å²) >= 11 is 6.12. The molecule has 3 nitrogen and oxygen atoms in total. The molecule has 0 bridgehead atoms. The molecule has 4 heteroatoms. The lowest BCUT2D eigenvalue weighted by atomic mass is 10.1. The van der Waals surface area contributed by atoms with E-state index in [0.29, 0.717) is 18.7 Å². The average Bonchev–Trinajstić information content (AvgIpc) is 2.49. The van der Waals surface area contributed by atoms with Crippen molar-refractivity contribution in [2.75, 3.05) is 11.9 Å². The van der Waals surface area contributed by atoms with Gasteiger partial charge in [-0.15, -0.1) is 0 Å². The van der Waals surface area contributed by atoms with E-state index in [-0.39, 0.29) is 5.91 Å². The normalized spacial score (nSPS) is 10.2. The van der Waals surface area contributed by atoms with Crippen LogP contribution in [0.4, 0.5) is 5.69 Å². The molecule has 0 aliphatic carbocycles. The molecule has 21 heavy (non-hydrogen) atoms. The van der Waals surface area contributed by atoms with E-state index in [9.17, 15) is 4.79 Å². The minimum Gasteiger partial charge on any atom is -0.381 e. The van der Waals surface area contributed by atoms with Crippen molar-refractivity contribution in [3.63, 3.8) is 0 Å². The molecular formula is C17H19ClN2O. The minimum absolute atomic E-state index is 0.0560. The number of anilines is 1. The van der Waals surface area contributed by atoms with Gasteiger partial charge in [-0.2, -0.15) is 0 Å². The van der Waals surface area contributed by atoms with Crippen LogP contribution in [-0.2, 0) is 6.54 Å². The van der Waals surface area contributed by atoms with Crippen LogP contribution in [0.3, 0.4) is 0 Å². The molecule has 0 aromatic heterocycles. The largest absolute Gasteiger partial charge is 0.381 e. The van der Waals surface area contributed by atoms with Crippen LogP contribution in [0.25, 0.3) is 0 Å². The van der Waals surface area contributed by atoms with Crippen LogP contribution >= 0.6 is 11.6 Å². The van der Waals surface area contributed by atoms with E-state index in [4.69, 9.17) is 11.6 Å². The van der Waals surface area contributed by atoms with Gasteiger partial charge in [0, 0.05) is 29.4 Å². The molecule has 0 spiro atoms. The van der Waals surface area contributed by atoms with Crippen molar-refractivity contribution in [2.24, 2.45) is 0 Å². The lowest BCUT2D eigenvalue weighted by Crippen LogP contribution is -2.22. The van der Waals surface area contributed by atoms with Gasteiger partial charge in [0.25, 0.3) is 5.91 Å². The average molecular weight is 303 g/mol. The fraction of sp³-hybridized carbons (Fsp3) is 0.235. The van der Waals surface area contributed by atoms with Crippen LogP contribution in [0.1, 0.15) is 28.4 Å². The Labute approximate surface area is 130 Å². The summed E-state index contributed by atoms with van der Waals surface area (Å²) in [4.78, 5) is 11.8. The number of carbonyl (C=O) groups excluding carboxylic acids is 1. The zero-order valence-electron chi connectivity index (χ0n) is 12.2. The Morgan fingerprint density at radius 1 is 1.19 bits per heavy atom. The predicted molar refractivity (Wildman–Crippen MR) is 88.0 cm³/mol. The monoisotopic (exact) mass is 302 g/mol. The van der Waals surface area contributed by atoms with E-state index in [1.54, 1.807) is 6.07 Å². The van der Waals surface area contributed by atoms with E-state index >= 15 is 0 Å². The SMILES string of the molecule is CCNC(=O)c1cccc(NCc2ccc(C)c(Cl)c2)c1. The summed E-state index contributed by atoms with van der Waals surface area (Å²) in [7, 11) is 0. The highest BCUT2D eigenvalue weighted by molar-refractivity contribution is 6.31. The van der Waals surface area contributed by atoms with Crippen LogP contribution in [-0.4, -0.2) is 12.5 Å². The van der Waals surface area contributed by atoms with Gasteiger partial charge in [0.1, 0.15) is 0 Å². The van der Waals surface area contributed by atoms with Crippen molar-refractivity contribution >= 4 is 23.2 Å². The Balaban J connectivity index is 2.04. The molecule has 0 unspecified atom stereocenters. The quantitative estimate of drug-likeness (QED) is 0.876. The van der Waals surface area contributed by atoms with Crippen molar-refractivity contribution in [2.45, 2.75) is 20.4 Å². The maximum Gasteiger partial charge on any atom is 0.251 e. The first-order valence-corrected chi connectivity index (χ1v) is 7.35. The predicted octanol–water partition coefficient (Wildman–Crippen LogP) is 4.01. The van der Waals surface area contributed by atoms with Crippen LogP contribution in [0, 0.1) is 6.92 Å². The number of nitrogens with one attached hydrogen (secondary N) is 2. The third-order valence-corrected chi connectivity index (χ3v) is 3.60. The molecule has 0 radical (unpaired) electrons. The Kier molecular flexibility index (Phi) is 5.23. The number of hydrogen-bond acceptors (Lipinski definition) is 2. The molecule has 2 aromatic carbocycles. The fourth-order valence-corrected chi connectivity index (χ4v) is 2.19. The van der Waals surface area contributed by atoms with Gasteiger partial charge >= 0.3 is 0 Å². The molecule has 0 saturated carbocycles. The number of halogens is 1. The zero-order valence-corrected chi connectivity index (χ0v) is 13.0. The summed E-state index contributed by atoms with van der Waals surface area (Å²) in [5.41, 5.74) is 3.74. The summed E-state index contributed by atoms with van der Waals surface area (Å²) in [6.45, 7) is 5.17. The van der Waals surface area contributed by atoms with Crippen LogP contribution in [0.15, 0.2) is 42.5 Å². The van der Waals surface area contributed by atoms with Crippen molar-refractivity contribution in [3.8, 4) is 0 Å². The second-order valence-corrected chi connectivity index (χ2v) is 5.28. The number of carbonyl (C=O) groups is 1. The lowest BCUT2D eigenvalue weighted by Gasteiger charge is -2.09. The lowest BCUT2D eigenvalue weighted by molar-refractivity contribution is 0.0956. The molecule has 0 aliphatic rings. The topological polar surface area (TPSA) is 41.1 Å². The standard InChI is InChI=1S/C17H19ClN2O/c1-3-19-17(21)14-5-4-6-15(10-14)20-11-13-8-7-12(2)16(18)9-13/h4-10,20H,3,11H2,1-2H3,(H,19,21). The number of aryl methyl sites for hydroxylation is 1. The first-order chi connectivity index (χ1) is 10.1. The highest BCUT2D eigenvalue weighted by Gasteiger charge is 2.04. The fourth-order valence-electron chi connectivity index (χ4n) is 1.98. The first-order valence-electron chi connectivity index (χ1n) is 6.97. The molecule has 0 aliphatic heterocycles. The molecule has 0 heterocycles. The number of amides is 1. The summed E-state index contributed by atoms with van der Waals surface area (Å²) in [6.07, 6.45) is 0. The van der Waals surface area contributed by atoms with E-state index in [2.05, 4.69) is 10.6 Å². The van der Waals surface area contributed by atoms with Crippen molar-refractivity contribution < 1.29 is 4.79 Å². The van der Waals surface area contributed by atoms with Crippen molar-refractivity contribution in [1.29, 1.82) is 0 Å². The molecule has 1 amide bonds. The molecule has 2 N–H and O–H groups in total. The summed E-state index contributed by atoms with van der Waals surface area (Å²) in [6, 6.07) is 13.5. The Morgan fingerprint density at radius 2 is 2.00 bits per heavy atom. The van der Waals surface area contributed by atoms with Gasteiger partial charge in [-0.05, 0) is 49.2 Å². The molecular weight excluding hydrogens is 284 g/mol. The summed E-state index contributed by atoms with van der Waals surface area (Å²) < 4.78 is 0. The Morgan fingerprint density at radius 3 is 2.71 bits per heavy atom. The number of hydrogen-bond donors (Lipinski definition) is 2. The third-order valence-electron chi connectivity index (χ3n) is 3.19. The number of benzene rings is 2. The minimum atomic E-state index is -0.0560. The van der Waals surface area contributed by atoms with Gasteiger partial charge in [0.15, 0.2) is 0 Å². The maximum absolute atomic E-state index is 11.8. The smallest absolute Gasteiger partial charge is 0.251 e. The Bertz CT molecular complexity index is 640. The van der Waals surface area contributed by atoms with E-state index in [1.165, 1.54) is 0 Å². The highest BCUT2D eigenvalue weighted by atomic mass is 35.5. The molecule has 2 aromatic rings. The molecule has 110 valence electrons. The van der Waals surface area contributed by atoms with E-state index < -0.39 is 0 Å². The maximum atomic E-state index is 11.8. The van der Waals surface area contributed by atoms with Crippen molar-refractivity contribution in [3.05, 3.63) is 64.2 Å². The van der Waals surface area contributed by atoms with Gasteiger partial charge in [-0.1, -0.05) is 29.8 Å². The molecule has 0 fully saturated rings. The third kappa shape index (κ3) is 4.23. The van der Waals surface area contributed by atoms with Crippen LogP contribution in [0.2, 0.25) is 5.02 Å². The van der Waals surface area contributed by atoms with Crippen LogP contribution in [0.5, 0.6) is 0 Å². The molecule has 0 saturated heterocycles. The number of rotatable bonds is 5. The van der Waals surface area contributed by atoms with Gasteiger partial charge in [-0.25, -0.2) is 0 Å². The van der Waals surface area contributed by atoms with Gasteiger partial charge in [0.2, 0.25) is 0 Å². The summed E-state index contributed by atoms with van der Waals surface area (Å²) in [5, 5.41) is 6.87. The van der Waals surface area contributed by atoms with Crippen LogP contribution < -0.4 is 10.6 Å². The van der Waals surface area contributed by atoms with Gasteiger partial charge < -0.3 is 10.6 Å². The van der Waals surface area contributed by atoms with Gasteiger partial charge in [-0.3, -0.25) is 4.79 Å². The highest BCUT2D eigenvalue weighted by Crippen LogP contribution is 2.18. The second-order valence-electron chi connectivity index (χ2n) is 4.88. The van der Waals surface area contributed by atoms with Gasteiger partial charge in [0.05, 0.1) is 0 Å².